The van der Waals surface area contributed by atoms with Crippen LogP contribution >= 0.6 is 0 Å². The molecular weight excluding hydrogens is 226 g/mol. The molecule has 1 aromatic rings. The van der Waals surface area contributed by atoms with Crippen LogP contribution in [-0.2, 0) is 0 Å². The summed E-state index contributed by atoms with van der Waals surface area (Å²) in [6.45, 7) is 2.49. The number of para-hydroxylation sites is 1. The molecule has 1 aliphatic rings. The van der Waals surface area contributed by atoms with Crippen molar-refractivity contribution in [2.45, 2.75) is 38.6 Å². The molecule has 1 aromatic carbocycles. The lowest BCUT2D eigenvalue weighted by molar-refractivity contribution is 0.0867. The summed E-state index contributed by atoms with van der Waals surface area (Å²) < 4.78 is 5.52. The minimum atomic E-state index is -0.0413. The van der Waals surface area contributed by atoms with E-state index in [9.17, 15) is 4.79 Å². The first-order valence-corrected chi connectivity index (χ1v) is 6.75. The second-order valence-corrected chi connectivity index (χ2v) is 4.85. The maximum absolute atomic E-state index is 12.5. The first-order valence-electron chi connectivity index (χ1n) is 6.75. The summed E-state index contributed by atoms with van der Waals surface area (Å²) in [7, 11) is 0. The Morgan fingerprint density at radius 1 is 1.33 bits per heavy atom. The third kappa shape index (κ3) is 2.72. The van der Waals surface area contributed by atoms with Gasteiger partial charge < -0.3 is 10.5 Å². The Morgan fingerprint density at radius 2 is 2.06 bits per heavy atom. The summed E-state index contributed by atoms with van der Waals surface area (Å²) in [4.78, 5) is 12.5. The number of benzene rings is 1. The van der Waals surface area contributed by atoms with E-state index in [0.29, 0.717) is 17.9 Å². The lowest BCUT2D eigenvalue weighted by atomic mass is 9.80. The largest absolute Gasteiger partial charge is 0.493 e. The Kier molecular flexibility index (Phi) is 4.37. The minimum absolute atomic E-state index is 0.000864. The maximum atomic E-state index is 12.5. The Bertz CT molecular complexity index is 417. The van der Waals surface area contributed by atoms with Crippen molar-refractivity contribution in [2.24, 2.45) is 11.7 Å². The predicted molar refractivity (Wildman–Crippen MR) is 71.9 cm³/mol. The van der Waals surface area contributed by atoms with E-state index in [1.165, 1.54) is 0 Å². The average molecular weight is 247 g/mol. The topological polar surface area (TPSA) is 52.3 Å². The molecular formula is C15H21NO2. The molecule has 0 radical (unpaired) electrons. The average Bonchev–Trinajstić information content (AvgIpc) is 2.40. The molecule has 1 saturated carbocycles. The first-order chi connectivity index (χ1) is 8.74. The molecule has 2 rings (SSSR count). The Balaban J connectivity index is 2.22. The zero-order valence-corrected chi connectivity index (χ0v) is 10.9. The fourth-order valence-electron chi connectivity index (χ4n) is 2.64. The number of hydrogen-bond donors (Lipinski definition) is 1. The van der Waals surface area contributed by atoms with Crippen molar-refractivity contribution < 1.29 is 9.53 Å². The highest BCUT2D eigenvalue weighted by molar-refractivity contribution is 6.00. The van der Waals surface area contributed by atoms with E-state index in [-0.39, 0.29) is 17.7 Å². The molecule has 0 aromatic heterocycles. The van der Waals surface area contributed by atoms with Gasteiger partial charge in [0.15, 0.2) is 5.78 Å². The van der Waals surface area contributed by atoms with Crippen LogP contribution in [0.5, 0.6) is 5.75 Å². The van der Waals surface area contributed by atoms with Gasteiger partial charge in [0.05, 0.1) is 12.2 Å². The minimum Gasteiger partial charge on any atom is -0.493 e. The molecule has 3 heteroatoms. The van der Waals surface area contributed by atoms with Crippen LogP contribution in [0.15, 0.2) is 24.3 Å². The zero-order valence-electron chi connectivity index (χ0n) is 10.9. The van der Waals surface area contributed by atoms with Crippen molar-refractivity contribution in [1.29, 1.82) is 0 Å². The Morgan fingerprint density at radius 3 is 2.78 bits per heavy atom. The van der Waals surface area contributed by atoms with Crippen molar-refractivity contribution in [1.82, 2.24) is 0 Å². The van der Waals surface area contributed by atoms with E-state index in [1.807, 2.05) is 31.2 Å². The fourth-order valence-corrected chi connectivity index (χ4v) is 2.64. The third-order valence-electron chi connectivity index (χ3n) is 3.61. The summed E-state index contributed by atoms with van der Waals surface area (Å²) in [6.07, 6.45) is 4.09. The number of rotatable bonds is 4. The van der Waals surface area contributed by atoms with Crippen molar-refractivity contribution in [3.63, 3.8) is 0 Å². The summed E-state index contributed by atoms with van der Waals surface area (Å²) in [5.74, 6) is 0.786. The highest BCUT2D eigenvalue weighted by Crippen LogP contribution is 2.29. The molecule has 0 aliphatic heterocycles. The second kappa shape index (κ2) is 6.01. The van der Waals surface area contributed by atoms with Gasteiger partial charge in [0, 0.05) is 12.0 Å². The molecule has 1 fully saturated rings. The van der Waals surface area contributed by atoms with E-state index in [0.717, 1.165) is 25.7 Å². The lowest BCUT2D eigenvalue weighted by Crippen LogP contribution is -2.38. The van der Waals surface area contributed by atoms with E-state index in [2.05, 4.69) is 0 Å². The van der Waals surface area contributed by atoms with Crippen molar-refractivity contribution in [3.05, 3.63) is 29.8 Å². The number of hydrogen-bond acceptors (Lipinski definition) is 3. The fraction of sp³-hybridized carbons (Fsp3) is 0.533. The van der Waals surface area contributed by atoms with Gasteiger partial charge in [0.1, 0.15) is 5.75 Å². The van der Waals surface area contributed by atoms with Crippen LogP contribution in [0.25, 0.3) is 0 Å². The maximum Gasteiger partial charge on any atom is 0.171 e. The highest BCUT2D eigenvalue weighted by atomic mass is 16.5. The number of ketones is 1. The quantitative estimate of drug-likeness (QED) is 0.832. The number of ether oxygens (including phenoxy) is 1. The van der Waals surface area contributed by atoms with Gasteiger partial charge in [0.25, 0.3) is 0 Å². The number of nitrogens with two attached hydrogens (primary N) is 1. The van der Waals surface area contributed by atoms with Crippen molar-refractivity contribution >= 4 is 5.78 Å². The molecule has 18 heavy (non-hydrogen) atoms. The second-order valence-electron chi connectivity index (χ2n) is 4.85. The van der Waals surface area contributed by atoms with Gasteiger partial charge in [-0.05, 0) is 31.9 Å². The summed E-state index contributed by atoms with van der Waals surface area (Å²) >= 11 is 0. The lowest BCUT2D eigenvalue weighted by Gasteiger charge is -2.27. The molecule has 2 atom stereocenters. The zero-order chi connectivity index (χ0) is 13.0. The van der Waals surface area contributed by atoms with E-state index < -0.39 is 0 Å². The van der Waals surface area contributed by atoms with Gasteiger partial charge in [-0.25, -0.2) is 0 Å². The van der Waals surface area contributed by atoms with Crippen LogP contribution in [0.1, 0.15) is 43.0 Å². The van der Waals surface area contributed by atoms with Crippen LogP contribution in [0.3, 0.4) is 0 Å². The molecule has 1 aliphatic carbocycles. The summed E-state index contributed by atoms with van der Waals surface area (Å²) in [6, 6.07) is 7.47. The molecule has 0 saturated heterocycles. The van der Waals surface area contributed by atoms with Gasteiger partial charge in [0.2, 0.25) is 0 Å². The summed E-state index contributed by atoms with van der Waals surface area (Å²) in [5, 5.41) is 0. The van der Waals surface area contributed by atoms with Gasteiger partial charge in [-0.3, -0.25) is 4.79 Å². The summed E-state index contributed by atoms with van der Waals surface area (Å²) in [5.41, 5.74) is 6.76. The molecule has 98 valence electrons. The standard InChI is InChI=1S/C15H21NO2/c1-2-18-14-10-6-4-8-12(14)15(17)11-7-3-5-9-13(11)16/h4,6,8,10-11,13H,2-3,5,7,9,16H2,1H3. The monoisotopic (exact) mass is 247 g/mol. The molecule has 0 amide bonds. The SMILES string of the molecule is CCOc1ccccc1C(=O)C1CCCCC1N. The van der Waals surface area contributed by atoms with E-state index in [1.54, 1.807) is 0 Å². The number of carbonyl (C=O) groups is 1. The molecule has 0 spiro atoms. The smallest absolute Gasteiger partial charge is 0.171 e. The third-order valence-corrected chi connectivity index (χ3v) is 3.61. The molecule has 2 unspecified atom stereocenters. The van der Waals surface area contributed by atoms with Crippen LogP contribution in [-0.4, -0.2) is 18.4 Å². The predicted octanol–water partition coefficient (Wildman–Crippen LogP) is 2.79. The Hall–Kier alpha value is -1.35. The molecule has 0 heterocycles. The highest BCUT2D eigenvalue weighted by Gasteiger charge is 2.30. The van der Waals surface area contributed by atoms with Gasteiger partial charge in [-0.1, -0.05) is 25.0 Å². The molecule has 2 N–H and O–H groups in total. The van der Waals surface area contributed by atoms with Crippen molar-refractivity contribution in [2.75, 3.05) is 6.61 Å². The van der Waals surface area contributed by atoms with Crippen molar-refractivity contribution in [3.8, 4) is 5.75 Å². The van der Waals surface area contributed by atoms with Crippen LogP contribution in [0.4, 0.5) is 0 Å². The van der Waals surface area contributed by atoms with Crippen LogP contribution < -0.4 is 10.5 Å². The van der Waals surface area contributed by atoms with Crippen LogP contribution in [0.2, 0.25) is 0 Å². The number of Topliss-reactive ketones (excluding diaryl/α,β-unsaturated/α-hetero) is 1. The molecule has 3 nitrogen and oxygen atoms in total. The van der Waals surface area contributed by atoms with Gasteiger partial charge in [-0.15, -0.1) is 0 Å². The van der Waals surface area contributed by atoms with Gasteiger partial charge in [-0.2, -0.15) is 0 Å². The van der Waals surface area contributed by atoms with E-state index in [4.69, 9.17) is 10.5 Å². The first kappa shape index (κ1) is 13.1. The normalized spacial score (nSPS) is 23.7. The Labute approximate surface area is 108 Å². The van der Waals surface area contributed by atoms with Crippen LogP contribution in [0, 0.1) is 5.92 Å². The van der Waals surface area contributed by atoms with Gasteiger partial charge >= 0.3 is 0 Å². The number of carbonyl (C=O) groups excluding carboxylic acids is 1. The van der Waals surface area contributed by atoms with E-state index >= 15 is 0 Å². The molecule has 0 bridgehead atoms.